The lowest BCUT2D eigenvalue weighted by molar-refractivity contribution is 0.0512. The molecule has 30 heavy (non-hydrogen) atoms. The quantitative estimate of drug-likeness (QED) is 0.601. The molecule has 2 aromatic carbocycles. The Labute approximate surface area is 185 Å². The second-order valence-electron chi connectivity index (χ2n) is 7.44. The van der Waals surface area contributed by atoms with E-state index < -0.39 is 0 Å². The summed E-state index contributed by atoms with van der Waals surface area (Å²) in [7, 11) is 5.40. The number of nitrogens with zero attached hydrogens (tertiary/aromatic N) is 2. The summed E-state index contributed by atoms with van der Waals surface area (Å²) in [5.74, 6) is 2.25. The summed E-state index contributed by atoms with van der Waals surface area (Å²) in [4.78, 5) is 16.7. The fraction of sp³-hybridized carbons (Fsp3) is 0.435. The van der Waals surface area contributed by atoms with Crippen molar-refractivity contribution in [3.8, 4) is 17.2 Å². The monoisotopic (exact) mass is 434 g/mol. The molecule has 0 spiro atoms. The van der Waals surface area contributed by atoms with Crippen molar-refractivity contribution in [3.05, 3.63) is 53.1 Å². The van der Waals surface area contributed by atoms with E-state index in [1.807, 2.05) is 37.3 Å². The van der Waals surface area contributed by atoms with Crippen LogP contribution in [0.15, 0.2) is 36.4 Å². The van der Waals surface area contributed by atoms with E-state index in [0.717, 1.165) is 43.0 Å². The van der Waals surface area contributed by atoms with Crippen molar-refractivity contribution < 1.29 is 19.0 Å². The number of carbonyl (C=O) groups excluding carboxylic acids is 1. The number of amides is 1. The normalized spacial score (nSPS) is 12.8. The Morgan fingerprint density at radius 2 is 1.83 bits per heavy atom. The van der Waals surface area contributed by atoms with Gasteiger partial charge in [0, 0.05) is 13.1 Å². The minimum absolute atomic E-state index is 0. The number of hydrogen-bond donors (Lipinski definition) is 0. The molecule has 0 radical (unpaired) electrons. The zero-order chi connectivity index (χ0) is 20.8. The molecule has 0 unspecified atom stereocenters. The van der Waals surface area contributed by atoms with E-state index in [1.165, 1.54) is 5.56 Å². The fourth-order valence-corrected chi connectivity index (χ4v) is 3.47. The first-order valence-electron chi connectivity index (χ1n) is 9.94. The van der Waals surface area contributed by atoms with Gasteiger partial charge in [-0.1, -0.05) is 12.1 Å². The molecule has 164 valence electrons. The van der Waals surface area contributed by atoms with Gasteiger partial charge in [-0.05, 0) is 68.8 Å². The van der Waals surface area contributed by atoms with Gasteiger partial charge in [0.15, 0.2) is 18.2 Å². The molecule has 0 bridgehead atoms. The number of benzene rings is 2. The van der Waals surface area contributed by atoms with Crippen molar-refractivity contribution in [1.82, 2.24) is 9.80 Å². The smallest absolute Gasteiger partial charge is 0.260 e. The van der Waals surface area contributed by atoms with Crippen LogP contribution < -0.4 is 14.2 Å². The van der Waals surface area contributed by atoms with Gasteiger partial charge < -0.3 is 24.0 Å². The number of methoxy groups -OCH3 is 2. The highest BCUT2D eigenvalue weighted by molar-refractivity contribution is 5.97. The van der Waals surface area contributed by atoms with E-state index in [2.05, 4.69) is 18.0 Å². The maximum atomic E-state index is 12.6. The van der Waals surface area contributed by atoms with Crippen LogP contribution in [0.3, 0.4) is 0 Å². The van der Waals surface area contributed by atoms with E-state index in [9.17, 15) is 4.79 Å². The number of fused-ring (bicyclic) bond motifs is 1. The average molecular weight is 435 g/mol. The summed E-state index contributed by atoms with van der Waals surface area (Å²) in [6, 6.07) is 11.8. The summed E-state index contributed by atoms with van der Waals surface area (Å²) in [5.41, 5.74) is 2.96. The van der Waals surface area contributed by atoms with Crippen LogP contribution in [0.25, 0.3) is 0 Å². The molecule has 0 aliphatic carbocycles. The summed E-state index contributed by atoms with van der Waals surface area (Å²) in [5, 5.41) is 0. The molecular weight excluding hydrogens is 404 g/mol. The average Bonchev–Trinajstić information content (AvgIpc) is 2.73. The third-order valence-electron chi connectivity index (χ3n) is 5.23. The van der Waals surface area contributed by atoms with Crippen LogP contribution in [-0.2, 0) is 6.42 Å². The molecule has 0 aromatic heterocycles. The molecular formula is C23H31ClN2O4. The van der Waals surface area contributed by atoms with E-state index in [1.54, 1.807) is 19.1 Å². The molecule has 0 saturated carbocycles. The first kappa shape index (κ1) is 23.8. The molecule has 0 atom stereocenters. The van der Waals surface area contributed by atoms with Gasteiger partial charge in [-0.2, -0.15) is 0 Å². The van der Waals surface area contributed by atoms with Crippen LogP contribution in [0.1, 0.15) is 27.9 Å². The highest BCUT2D eigenvalue weighted by Crippen LogP contribution is 2.28. The molecule has 0 saturated heterocycles. The molecule has 1 amide bonds. The number of carbonyl (C=O) groups is 1. The van der Waals surface area contributed by atoms with Crippen LogP contribution >= 0.6 is 12.4 Å². The Hall–Kier alpha value is -2.44. The standard InChI is InChI=1S/C23H30N2O4.ClH/c1-17-6-8-19-21(14-17)29-16-25(23(19)26)12-5-11-24(2)13-10-18-7-9-20(27-3)22(15-18)28-4;/h6-9,14-15H,5,10-13,16H2,1-4H3;1H. The third-order valence-corrected chi connectivity index (χ3v) is 5.23. The second kappa shape index (κ2) is 11.1. The van der Waals surface area contributed by atoms with Gasteiger partial charge in [0.2, 0.25) is 0 Å². The Morgan fingerprint density at radius 1 is 1.07 bits per heavy atom. The van der Waals surface area contributed by atoms with E-state index in [-0.39, 0.29) is 18.3 Å². The Kier molecular flexibility index (Phi) is 8.81. The van der Waals surface area contributed by atoms with Crippen molar-refractivity contribution >= 4 is 18.3 Å². The molecule has 0 N–H and O–H groups in total. The van der Waals surface area contributed by atoms with E-state index in [0.29, 0.717) is 24.6 Å². The van der Waals surface area contributed by atoms with Crippen molar-refractivity contribution in [3.63, 3.8) is 0 Å². The molecule has 6 nitrogen and oxygen atoms in total. The summed E-state index contributed by atoms with van der Waals surface area (Å²) < 4.78 is 16.4. The van der Waals surface area contributed by atoms with Gasteiger partial charge in [0.05, 0.1) is 19.8 Å². The molecule has 7 heteroatoms. The molecule has 1 heterocycles. The summed E-state index contributed by atoms with van der Waals surface area (Å²) in [6.45, 7) is 4.86. The molecule has 1 aliphatic rings. The van der Waals surface area contributed by atoms with Gasteiger partial charge in [-0.3, -0.25) is 4.79 Å². The molecule has 0 fully saturated rings. The van der Waals surface area contributed by atoms with Crippen molar-refractivity contribution in [1.29, 1.82) is 0 Å². The number of ether oxygens (including phenoxy) is 3. The van der Waals surface area contributed by atoms with Gasteiger partial charge in [-0.25, -0.2) is 0 Å². The first-order valence-corrected chi connectivity index (χ1v) is 9.94. The van der Waals surface area contributed by atoms with Gasteiger partial charge in [-0.15, -0.1) is 12.4 Å². The minimum atomic E-state index is 0. The van der Waals surface area contributed by atoms with Crippen molar-refractivity contribution in [2.75, 3.05) is 47.6 Å². The second-order valence-corrected chi connectivity index (χ2v) is 7.44. The Morgan fingerprint density at radius 3 is 2.57 bits per heavy atom. The third kappa shape index (κ3) is 5.80. The first-order chi connectivity index (χ1) is 14.0. The van der Waals surface area contributed by atoms with E-state index >= 15 is 0 Å². The maximum absolute atomic E-state index is 12.6. The number of likely N-dealkylation sites (N-methyl/N-ethyl adjacent to an activating group) is 1. The van der Waals surface area contributed by atoms with Crippen LogP contribution in [0.5, 0.6) is 17.2 Å². The lowest BCUT2D eigenvalue weighted by atomic mass is 10.1. The predicted molar refractivity (Wildman–Crippen MR) is 120 cm³/mol. The van der Waals surface area contributed by atoms with Crippen LogP contribution in [0.4, 0.5) is 0 Å². The van der Waals surface area contributed by atoms with E-state index in [4.69, 9.17) is 14.2 Å². The van der Waals surface area contributed by atoms with Crippen LogP contribution in [0.2, 0.25) is 0 Å². The predicted octanol–water partition coefficient (Wildman–Crippen LogP) is 3.79. The Balaban J connectivity index is 0.00000320. The maximum Gasteiger partial charge on any atom is 0.260 e. The summed E-state index contributed by atoms with van der Waals surface area (Å²) >= 11 is 0. The lowest BCUT2D eigenvalue weighted by Gasteiger charge is -2.29. The number of rotatable bonds is 9. The zero-order valence-corrected chi connectivity index (χ0v) is 19.0. The number of hydrogen-bond acceptors (Lipinski definition) is 5. The Bertz CT molecular complexity index is 859. The molecule has 2 aromatic rings. The summed E-state index contributed by atoms with van der Waals surface area (Å²) in [6.07, 6.45) is 1.83. The lowest BCUT2D eigenvalue weighted by Crippen LogP contribution is -2.40. The largest absolute Gasteiger partial charge is 0.493 e. The van der Waals surface area contributed by atoms with Crippen LogP contribution in [0, 0.1) is 6.92 Å². The highest BCUT2D eigenvalue weighted by atomic mass is 35.5. The van der Waals surface area contributed by atoms with Crippen LogP contribution in [-0.4, -0.2) is 63.3 Å². The molecule has 1 aliphatic heterocycles. The zero-order valence-electron chi connectivity index (χ0n) is 18.1. The highest BCUT2D eigenvalue weighted by Gasteiger charge is 2.25. The fourth-order valence-electron chi connectivity index (χ4n) is 3.47. The van der Waals surface area contributed by atoms with Crippen molar-refractivity contribution in [2.24, 2.45) is 0 Å². The van der Waals surface area contributed by atoms with Gasteiger partial charge >= 0.3 is 0 Å². The van der Waals surface area contributed by atoms with Crippen molar-refractivity contribution in [2.45, 2.75) is 19.8 Å². The SMILES string of the molecule is COc1ccc(CCN(C)CCCN2COc3cc(C)ccc3C2=O)cc1OC.Cl. The topological polar surface area (TPSA) is 51.2 Å². The number of halogens is 1. The van der Waals surface area contributed by atoms with Gasteiger partial charge in [0.25, 0.3) is 5.91 Å². The van der Waals surface area contributed by atoms with Gasteiger partial charge in [0.1, 0.15) is 5.75 Å². The molecule has 3 rings (SSSR count). The number of aryl methyl sites for hydroxylation is 1. The minimum Gasteiger partial charge on any atom is -0.493 e.